The van der Waals surface area contributed by atoms with E-state index in [1.54, 1.807) is 7.11 Å². The van der Waals surface area contributed by atoms with Crippen LogP contribution in [-0.2, 0) is 11.3 Å². The minimum atomic E-state index is 0.0845. The first-order chi connectivity index (χ1) is 7.72. The molecule has 1 heterocycles. The largest absolute Gasteiger partial charge is 0.383 e. The minimum Gasteiger partial charge on any atom is -0.383 e. The molecule has 2 N–H and O–H groups in total. The summed E-state index contributed by atoms with van der Waals surface area (Å²) in [5.41, 5.74) is 7.32. The van der Waals surface area contributed by atoms with Gasteiger partial charge in [0.25, 0.3) is 0 Å². The maximum Gasteiger partial charge on any atom is 0.0694 e. The van der Waals surface area contributed by atoms with Crippen LogP contribution in [0.15, 0.2) is 10.7 Å². The highest BCUT2D eigenvalue weighted by molar-refractivity contribution is 9.10. The Hall–Kier alpha value is -0.390. The number of halogens is 1. The van der Waals surface area contributed by atoms with Gasteiger partial charge in [-0.15, -0.1) is 0 Å². The molecule has 4 nitrogen and oxygen atoms in total. The van der Waals surface area contributed by atoms with E-state index < -0.39 is 0 Å². The second kappa shape index (κ2) is 5.29. The van der Waals surface area contributed by atoms with Crippen molar-refractivity contribution in [3.8, 4) is 0 Å². The average molecular weight is 288 g/mol. The van der Waals surface area contributed by atoms with Crippen LogP contribution in [0.2, 0.25) is 0 Å². The third-order valence-electron chi connectivity index (χ3n) is 2.98. The number of hydrogen-bond acceptors (Lipinski definition) is 3. The molecule has 1 aromatic heterocycles. The van der Waals surface area contributed by atoms with Gasteiger partial charge in [0.1, 0.15) is 0 Å². The van der Waals surface area contributed by atoms with Gasteiger partial charge in [0.2, 0.25) is 0 Å². The van der Waals surface area contributed by atoms with E-state index in [1.807, 2.05) is 10.9 Å². The van der Waals surface area contributed by atoms with Gasteiger partial charge in [0.15, 0.2) is 0 Å². The number of rotatable bonds is 6. The lowest BCUT2D eigenvalue weighted by Crippen LogP contribution is -2.19. The summed E-state index contributed by atoms with van der Waals surface area (Å²) < 4.78 is 8.02. The summed E-state index contributed by atoms with van der Waals surface area (Å²) >= 11 is 3.52. The molecule has 1 unspecified atom stereocenters. The minimum absolute atomic E-state index is 0.0845. The molecule has 90 valence electrons. The lowest BCUT2D eigenvalue weighted by atomic mass is 10.1. The molecule has 1 aliphatic carbocycles. The summed E-state index contributed by atoms with van der Waals surface area (Å²) in [5.74, 6) is 0.827. The van der Waals surface area contributed by atoms with E-state index in [0.717, 1.165) is 29.1 Å². The Morgan fingerprint density at radius 1 is 1.69 bits per heavy atom. The molecular formula is C11H18BrN3O. The molecule has 16 heavy (non-hydrogen) atoms. The molecule has 0 amide bonds. The van der Waals surface area contributed by atoms with Gasteiger partial charge in [0.05, 0.1) is 29.5 Å². The lowest BCUT2D eigenvalue weighted by molar-refractivity contribution is 0.182. The van der Waals surface area contributed by atoms with Gasteiger partial charge >= 0.3 is 0 Å². The van der Waals surface area contributed by atoms with Crippen molar-refractivity contribution < 1.29 is 4.74 Å². The highest BCUT2D eigenvalue weighted by Gasteiger charge is 2.27. The smallest absolute Gasteiger partial charge is 0.0694 e. The average Bonchev–Trinajstić information content (AvgIpc) is 2.98. The first kappa shape index (κ1) is 12.1. The Morgan fingerprint density at radius 2 is 2.44 bits per heavy atom. The predicted molar refractivity (Wildman–Crippen MR) is 66.1 cm³/mol. The van der Waals surface area contributed by atoms with E-state index in [0.29, 0.717) is 6.61 Å². The van der Waals surface area contributed by atoms with Gasteiger partial charge in [-0.3, -0.25) is 4.68 Å². The molecule has 1 aromatic rings. The van der Waals surface area contributed by atoms with Crippen molar-refractivity contribution in [2.45, 2.75) is 31.8 Å². The van der Waals surface area contributed by atoms with E-state index >= 15 is 0 Å². The standard InChI is InChI=1S/C11H18BrN3O/c1-16-5-4-15-11(9(12)7-14-15)10(13)6-8-2-3-8/h7-8,10H,2-6,13H2,1H3. The summed E-state index contributed by atoms with van der Waals surface area (Å²) in [6.07, 6.45) is 5.55. The number of nitrogens with two attached hydrogens (primary N) is 1. The Morgan fingerprint density at radius 3 is 3.06 bits per heavy atom. The van der Waals surface area contributed by atoms with Gasteiger partial charge in [-0.25, -0.2) is 0 Å². The van der Waals surface area contributed by atoms with Gasteiger partial charge < -0.3 is 10.5 Å². The van der Waals surface area contributed by atoms with Gasteiger partial charge in [-0.1, -0.05) is 12.8 Å². The van der Waals surface area contributed by atoms with E-state index in [-0.39, 0.29) is 6.04 Å². The second-order valence-electron chi connectivity index (χ2n) is 4.38. The molecule has 5 heteroatoms. The topological polar surface area (TPSA) is 53.1 Å². The molecule has 0 radical (unpaired) electrons. The van der Waals surface area contributed by atoms with E-state index in [1.165, 1.54) is 12.8 Å². The third-order valence-corrected chi connectivity index (χ3v) is 3.59. The molecule has 1 saturated carbocycles. The monoisotopic (exact) mass is 287 g/mol. The third kappa shape index (κ3) is 2.84. The number of nitrogens with zero attached hydrogens (tertiary/aromatic N) is 2. The predicted octanol–water partition coefficient (Wildman–Crippen LogP) is 2.09. The maximum absolute atomic E-state index is 6.22. The van der Waals surface area contributed by atoms with Crippen LogP contribution in [0, 0.1) is 5.92 Å². The van der Waals surface area contributed by atoms with E-state index in [4.69, 9.17) is 10.5 Å². The van der Waals surface area contributed by atoms with Crippen LogP contribution in [0.1, 0.15) is 31.0 Å². The van der Waals surface area contributed by atoms with Crippen molar-refractivity contribution in [1.29, 1.82) is 0 Å². The van der Waals surface area contributed by atoms with Crippen molar-refractivity contribution in [3.05, 3.63) is 16.4 Å². The molecule has 1 atom stereocenters. The Bertz CT molecular complexity index is 349. The second-order valence-corrected chi connectivity index (χ2v) is 5.23. The summed E-state index contributed by atoms with van der Waals surface area (Å²) in [6.45, 7) is 1.42. The summed E-state index contributed by atoms with van der Waals surface area (Å²) in [5, 5.41) is 4.31. The quantitative estimate of drug-likeness (QED) is 0.872. The Labute approximate surface area is 104 Å². The van der Waals surface area contributed by atoms with Gasteiger partial charge in [-0.05, 0) is 28.3 Å². The summed E-state index contributed by atoms with van der Waals surface area (Å²) in [4.78, 5) is 0. The van der Waals surface area contributed by atoms with Gasteiger partial charge in [-0.2, -0.15) is 5.10 Å². The molecular weight excluding hydrogens is 270 g/mol. The first-order valence-corrected chi connectivity index (χ1v) is 6.47. The molecule has 1 aliphatic rings. The zero-order chi connectivity index (χ0) is 11.5. The number of hydrogen-bond donors (Lipinski definition) is 1. The molecule has 0 bridgehead atoms. The Kier molecular flexibility index (Phi) is 4.00. The van der Waals surface area contributed by atoms with Crippen molar-refractivity contribution in [3.63, 3.8) is 0 Å². The number of aromatic nitrogens is 2. The van der Waals surface area contributed by atoms with Crippen molar-refractivity contribution in [1.82, 2.24) is 9.78 Å². The highest BCUT2D eigenvalue weighted by atomic mass is 79.9. The molecule has 0 aromatic carbocycles. The van der Waals surface area contributed by atoms with E-state index in [9.17, 15) is 0 Å². The molecule has 2 rings (SSSR count). The molecule has 0 saturated heterocycles. The van der Waals surface area contributed by atoms with Crippen molar-refractivity contribution in [2.24, 2.45) is 11.7 Å². The number of methoxy groups -OCH3 is 1. The van der Waals surface area contributed by atoms with E-state index in [2.05, 4.69) is 21.0 Å². The van der Waals surface area contributed by atoms with Crippen molar-refractivity contribution in [2.75, 3.05) is 13.7 Å². The van der Waals surface area contributed by atoms with Crippen molar-refractivity contribution >= 4 is 15.9 Å². The molecule has 1 fully saturated rings. The SMILES string of the molecule is COCCn1ncc(Br)c1C(N)CC1CC1. The Balaban J connectivity index is 2.06. The lowest BCUT2D eigenvalue weighted by Gasteiger charge is -2.14. The molecule has 0 spiro atoms. The number of ether oxygens (including phenoxy) is 1. The van der Waals surface area contributed by atoms with Crippen LogP contribution in [0.25, 0.3) is 0 Å². The van der Waals surface area contributed by atoms with Crippen LogP contribution in [-0.4, -0.2) is 23.5 Å². The fourth-order valence-electron chi connectivity index (χ4n) is 1.92. The zero-order valence-corrected chi connectivity index (χ0v) is 11.1. The normalized spacial score (nSPS) is 17.7. The summed E-state index contributed by atoms with van der Waals surface area (Å²) in [6, 6.07) is 0.0845. The fraction of sp³-hybridized carbons (Fsp3) is 0.727. The van der Waals surface area contributed by atoms with Crippen LogP contribution >= 0.6 is 15.9 Å². The van der Waals surface area contributed by atoms with Crippen LogP contribution in [0.5, 0.6) is 0 Å². The highest BCUT2D eigenvalue weighted by Crippen LogP contribution is 2.38. The zero-order valence-electron chi connectivity index (χ0n) is 9.53. The maximum atomic E-state index is 6.22. The first-order valence-electron chi connectivity index (χ1n) is 5.68. The van der Waals surface area contributed by atoms with Crippen LogP contribution < -0.4 is 5.73 Å². The van der Waals surface area contributed by atoms with Crippen LogP contribution in [0.3, 0.4) is 0 Å². The van der Waals surface area contributed by atoms with Crippen LogP contribution in [0.4, 0.5) is 0 Å². The molecule has 0 aliphatic heterocycles. The summed E-state index contributed by atoms with van der Waals surface area (Å²) in [7, 11) is 1.70. The fourth-order valence-corrected chi connectivity index (χ4v) is 2.51. The van der Waals surface area contributed by atoms with Gasteiger partial charge in [0, 0.05) is 13.2 Å².